The van der Waals surface area contributed by atoms with E-state index in [1.54, 1.807) is 24.8 Å². The van der Waals surface area contributed by atoms with Crippen LogP contribution >= 0.6 is 0 Å². The van der Waals surface area contributed by atoms with Crippen molar-refractivity contribution in [2.75, 3.05) is 26.4 Å². The molecule has 148 valence electrons. The molecule has 0 aromatic carbocycles. The zero-order valence-corrected chi connectivity index (χ0v) is 16.7. The molecule has 0 saturated carbocycles. The Labute approximate surface area is 158 Å². The minimum Gasteiger partial charge on any atom is -0.337 e. The fourth-order valence-corrected chi connectivity index (χ4v) is 4.10. The van der Waals surface area contributed by atoms with Gasteiger partial charge in [-0.25, -0.2) is 12.7 Å². The molecule has 1 fully saturated rings. The highest BCUT2D eigenvalue weighted by Crippen LogP contribution is 2.27. The average molecular weight is 396 g/mol. The van der Waals surface area contributed by atoms with E-state index in [1.165, 1.54) is 15.5 Å². The summed E-state index contributed by atoms with van der Waals surface area (Å²) in [5, 5.41) is 8.21. The highest BCUT2D eigenvalue weighted by atomic mass is 32.2. The number of sulfonamides is 1. The number of piperidine rings is 1. The summed E-state index contributed by atoms with van der Waals surface area (Å²) in [5.41, 5.74) is 1.26. The molecular formula is C16H24N6O4S. The highest BCUT2D eigenvalue weighted by molar-refractivity contribution is 7.88. The Morgan fingerprint density at radius 1 is 1.37 bits per heavy atom. The molecule has 0 atom stereocenters. The Morgan fingerprint density at radius 2 is 2.04 bits per heavy atom. The third-order valence-corrected chi connectivity index (χ3v) is 6.02. The zero-order chi connectivity index (χ0) is 19.8. The van der Waals surface area contributed by atoms with Crippen LogP contribution in [-0.2, 0) is 23.6 Å². The van der Waals surface area contributed by atoms with Crippen molar-refractivity contribution in [1.29, 1.82) is 0 Å². The molecular weight excluding hydrogens is 372 g/mol. The van der Waals surface area contributed by atoms with Gasteiger partial charge in [0.05, 0.1) is 11.9 Å². The van der Waals surface area contributed by atoms with Crippen LogP contribution in [0, 0.1) is 6.92 Å². The molecule has 3 rings (SSSR count). The fraction of sp³-hybridized carbons (Fsp3) is 0.625. The molecule has 0 aliphatic carbocycles. The first-order valence-electron chi connectivity index (χ1n) is 8.69. The van der Waals surface area contributed by atoms with Gasteiger partial charge >= 0.3 is 0 Å². The van der Waals surface area contributed by atoms with E-state index in [1.807, 2.05) is 6.92 Å². The lowest BCUT2D eigenvalue weighted by molar-refractivity contribution is 0.0758. The first-order valence-corrected chi connectivity index (χ1v) is 10.5. The van der Waals surface area contributed by atoms with E-state index in [4.69, 9.17) is 4.52 Å². The maximum absolute atomic E-state index is 12.5. The summed E-state index contributed by atoms with van der Waals surface area (Å²) < 4.78 is 31.5. The standard InChI is InChI=1S/C16H24N6O4S/c1-11-9-13(21(3)18-11)16(23)20(2)10-14-17-15(19-26-14)12-5-7-22(8-6-12)27(4,24)25/h9,12H,5-8,10H2,1-4H3. The molecule has 0 bridgehead atoms. The number of hydrogen-bond donors (Lipinski definition) is 0. The van der Waals surface area contributed by atoms with Crippen LogP contribution in [-0.4, -0.2) is 69.8 Å². The van der Waals surface area contributed by atoms with E-state index in [-0.39, 0.29) is 18.4 Å². The van der Waals surface area contributed by atoms with Gasteiger partial charge in [0, 0.05) is 33.1 Å². The SMILES string of the molecule is Cc1cc(C(=O)N(C)Cc2nc(C3CCN(S(C)(=O)=O)CC3)no2)n(C)n1. The molecule has 1 aliphatic rings. The number of aromatic nitrogens is 4. The molecule has 1 aliphatic heterocycles. The first-order chi connectivity index (χ1) is 12.6. The number of aryl methyl sites for hydroxylation is 2. The number of hydrogen-bond acceptors (Lipinski definition) is 7. The lowest BCUT2D eigenvalue weighted by Crippen LogP contribution is -2.37. The van der Waals surface area contributed by atoms with Crippen LogP contribution in [0.25, 0.3) is 0 Å². The Kier molecular flexibility index (Phi) is 5.33. The topological polar surface area (TPSA) is 114 Å². The lowest BCUT2D eigenvalue weighted by atomic mass is 9.98. The highest BCUT2D eigenvalue weighted by Gasteiger charge is 2.29. The molecule has 2 aromatic heterocycles. The molecule has 0 N–H and O–H groups in total. The number of carbonyl (C=O) groups is 1. The van der Waals surface area contributed by atoms with Gasteiger partial charge < -0.3 is 9.42 Å². The van der Waals surface area contributed by atoms with Gasteiger partial charge in [-0.05, 0) is 25.8 Å². The van der Waals surface area contributed by atoms with E-state index < -0.39 is 10.0 Å². The second kappa shape index (κ2) is 7.39. The molecule has 10 nitrogen and oxygen atoms in total. The molecule has 1 amide bonds. The van der Waals surface area contributed by atoms with E-state index >= 15 is 0 Å². The minimum absolute atomic E-state index is 0.0567. The molecule has 0 radical (unpaired) electrons. The monoisotopic (exact) mass is 396 g/mol. The third kappa shape index (κ3) is 4.35. The van der Waals surface area contributed by atoms with Crippen molar-refractivity contribution in [3.63, 3.8) is 0 Å². The quantitative estimate of drug-likeness (QED) is 0.724. The van der Waals surface area contributed by atoms with Gasteiger partial charge in [0.25, 0.3) is 5.91 Å². The number of rotatable bonds is 5. The maximum atomic E-state index is 12.5. The van der Waals surface area contributed by atoms with Crippen molar-refractivity contribution in [2.24, 2.45) is 7.05 Å². The van der Waals surface area contributed by atoms with Crippen LogP contribution in [0.2, 0.25) is 0 Å². The van der Waals surface area contributed by atoms with Crippen molar-refractivity contribution < 1.29 is 17.7 Å². The smallest absolute Gasteiger partial charge is 0.272 e. The number of carbonyl (C=O) groups excluding carboxylic acids is 1. The normalized spacial score (nSPS) is 16.6. The second-order valence-corrected chi connectivity index (χ2v) is 8.92. The van der Waals surface area contributed by atoms with E-state index in [2.05, 4.69) is 15.2 Å². The molecule has 2 aromatic rings. The average Bonchev–Trinajstić information content (AvgIpc) is 3.19. The third-order valence-electron chi connectivity index (χ3n) is 4.71. The molecule has 3 heterocycles. The van der Waals surface area contributed by atoms with Gasteiger partial charge in [0.2, 0.25) is 15.9 Å². The summed E-state index contributed by atoms with van der Waals surface area (Å²) in [6, 6.07) is 1.73. The van der Waals surface area contributed by atoms with Crippen LogP contribution in [0.3, 0.4) is 0 Å². The summed E-state index contributed by atoms with van der Waals surface area (Å²) >= 11 is 0. The van der Waals surface area contributed by atoms with Gasteiger partial charge in [-0.2, -0.15) is 10.1 Å². The first kappa shape index (κ1) is 19.5. The Morgan fingerprint density at radius 3 is 2.59 bits per heavy atom. The number of nitrogens with zero attached hydrogens (tertiary/aromatic N) is 6. The predicted molar refractivity (Wildman–Crippen MR) is 96.4 cm³/mol. The Bertz CT molecular complexity index is 927. The van der Waals surface area contributed by atoms with Crippen LogP contribution in [0.1, 0.15) is 46.7 Å². The van der Waals surface area contributed by atoms with Crippen molar-refractivity contribution in [3.05, 3.63) is 29.2 Å². The second-order valence-electron chi connectivity index (χ2n) is 6.94. The van der Waals surface area contributed by atoms with Gasteiger partial charge in [-0.15, -0.1) is 0 Å². The molecule has 11 heteroatoms. The molecule has 0 unspecified atom stereocenters. The van der Waals surface area contributed by atoms with Crippen molar-refractivity contribution in [1.82, 2.24) is 29.1 Å². The van der Waals surface area contributed by atoms with Gasteiger partial charge in [-0.1, -0.05) is 5.16 Å². The van der Waals surface area contributed by atoms with Crippen LogP contribution in [0.5, 0.6) is 0 Å². The van der Waals surface area contributed by atoms with E-state index in [0.717, 1.165) is 5.69 Å². The van der Waals surface area contributed by atoms with Gasteiger partial charge in [0.15, 0.2) is 5.82 Å². The Hall–Kier alpha value is -2.27. The lowest BCUT2D eigenvalue weighted by Gasteiger charge is -2.28. The van der Waals surface area contributed by atoms with Crippen LogP contribution in [0.4, 0.5) is 0 Å². The number of amides is 1. The maximum Gasteiger partial charge on any atom is 0.272 e. The molecule has 0 spiro atoms. The largest absolute Gasteiger partial charge is 0.337 e. The van der Waals surface area contributed by atoms with Gasteiger partial charge in [-0.3, -0.25) is 9.48 Å². The van der Waals surface area contributed by atoms with Gasteiger partial charge in [0.1, 0.15) is 12.2 Å². The summed E-state index contributed by atoms with van der Waals surface area (Å²) in [6.07, 6.45) is 2.51. The van der Waals surface area contributed by atoms with Crippen molar-refractivity contribution in [2.45, 2.75) is 32.2 Å². The predicted octanol–water partition coefficient (Wildman–Crippen LogP) is 0.523. The summed E-state index contributed by atoms with van der Waals surface area (Å²) in [5.74, 6) is 0.793. The summed E-state index contributed by atoms with van der Waals surface area (Å²) in [4.78, 5) is 18.4. The van der Waals surface area contributed by atoms with Crippen molar-refractivity contribution >= 4 is 15.9 Å². The molecule has 27 heavy (non-hydrogen) atoms. The van der Waals surface area contributed by atoms with Crippen LogP contribution < -0.4 is 0 Å². The fourth-order valence-electron chi connectivity index (χ4n) is 3.22. The van der Waals surface area contributed by atoms with E-state index in [9.17, 15) is 13.2 Å². The molecule has 1 saturated heterocycles. The summed E-state index contributed by atoms with van der Waals surface area (Å²) in [7, 11) is 0.228. The zero-order valence-electron chi connectivity index (χ0n) is 15.9. The van der Waals surface area contributed by atoms with E-state index in [0.29, 0.717) is 43.3 Å². The van der Waals surface area contributed by atoms with Crippen LogP contribution in [0.15, 0.2) is 10.6 Å². The minimum atomic E-state index is -3.16. The summed E-state index contributed by atoms with van der Waals surface area (Å²) in [6.45, 7) is 2.92. The van der Waals surface area contributed by atoms with Crippen molar-refractivity contribution in [3.8, 4) is 0 Å². The Balaban J connectivity index is 1.61.